The maximum atomic E-state index is 12.6. The molecule has 1 aromatic heterocycles. The summed E-state index contributed by atoms with van der Waals surface area (Å²) in [7, 11) is 0. The van der Waals surface area contributed by atoms with Crippen molar-refractivity contribution in [3.05, 3.63) is 22.3 Å². The third-order valence-corrected chi connectivity index (χ3v) is 3.11. The largest absolute Gasteiger partial charge is 0.389 e. The Morgan fingerprint density at radius 3 is 2.65 bits per heavy atom. The number of rotatable bonds is 6. The highest BCUT2D eigenvalue weighted by Gasteiger charge is 2.24. The highest BCUT2D eigenvalue weighted by Crippen LogP contribution is 2.20. The molecule has 1 heterocycles. The number of hydrogen-bond acceptors (Lipinski definition) is 4. The van der Waals surface area contributed by atoms with Gasteiger partial charge in [0.25, 0.3) is 5.91 Å². The van der Waals surface area contributed by atoms with Gasteiger partial charge in [-0.15, -0.1) is 0 Å². The molecule has 0 aliphatic rings. The molecule has 5 nitrogen and oxygen atoms in total. The third-order valence-electron chi connectivity index (χ3n) is 2.68. The van der Waals surface area contributed by atoms with Crippen LogP contribution in [0, 0.1) is 0 Å². The molecule has 6 heteroatoms. The lowest BCUT2D eigenvalue weighted by Gasteiger charge is -2.28. The molecule has 112 valence electrons. The predicted molar refractivity (Wildman–Crippen MR) is 84.0 cm³/mol. The van der Waals surface area contributed by atoms with E-state index in [-0.39, 0.29) is 12.5 Å². The van der Waals surface area contributed by atoms with E-state index in [9.17, 15) is 9.90 Å². The summed E-state index contributed by atoms with van der Waals surface area (Å²) >= 11 is 3.34. The standard InChI is InChI=1S/C14H22BrN3O2/c1-5-16-12-11(7-10(15)8-17-12)13(19)18(6-2)9-14(3,4)20/h7-8,20H,5-6,9H2,1-4H3,(H,16,17). The van der Waals surface area contributed by atoms with Gasteiger partial charge in [0.15, 0.2) is 0 Å². The van der Waals surface area contributed by atoms with E-state index in [0.717, 1.165) is 4.47 Å². The number of carbonyl (C=O) groups is 1. The molecule has 20 heavy (non-hydrogen) atoms. The number of halogens is 1. The third kappa shape index (κ3) is 4.76. The summed E-state index contributed by atoms with van der Waals surface area (Å²) in [5.74, 6) is 0.425. The summed E-state index contributed by atoms with van der Waals surface area (Å²) in [5, 5.41) is 13.0. The number of nitrogens with zero attached hydrogens (tertiary/aromatic N) is 2. The minimum Gasteiger partial charge on any atom is -0.389 e. The first-order valence-corrected chi connectivity index (χ1v) is 7.48. The van der Waals surface area contributed by atoms with Gasteiger partial charge < -0.3 is 15.3 Å². The molecule has 0 saturated heterocycles. The van der Waals surface area contributed by atoms with Gasteiger partial charge in [-0.05, 0) is 49.7 Å². The van der Waals surface area contributed by atoms with Gasteiger partial charge in [-0.25, -0.2) is 4.98 Å². The van der Waals surface area contributed by atoms with E-state index in [1.807, 2.05) is 13.8 Å². The van der Waals surface area contributed by atoms with Gasteiger partial charge in [-0.3, -0.25) is 4.79 Å². The fraction of sp³-hybridized carbons (Fsp3) is 0.571. The fourth-order valence-electron chi connectivity index (χ4n) is 1.88. The molecule has 0 atom stereocenters. The second-order valence-corrected chi connectivity index (χ2v) is 6.13. The fourth-order valence-corrected chi connectivity index (χ4v) is 2.21. The molecular weight excluding hydrogens is 322 g/mol. The number of aromatic nitrogens is 1. The summed E-state index contributed by atoms with van der Waals surface area (Å²) in [6.45, 7) is 8.71. The van der Waals surface area contributed by atoms with Crippen LogP contribution >= 0.6 is 15.9 Å². The van der Waals surface area contributed by atoms with Gasteiger partial charge in [0.1, 0.15) is 5.82 Å². The van der Waals surface area contributed by atoms with E-state index in [1.165, 1.54) is 0 Å². The quantitative estimate of drug-likeness (QED) is 0.832. The maximum Gasteiger partial charge on any atom is 0.257 e. The lowest BCUT2D eigenvalue weighted by atomic mass is 10.1. The van der Waals surface area contributed by atoms with Crippen molar-refractivity contribution in [3.63, 3.8) is 0 Å². The van der Waals surface area contributed by atoms with Gasteiger partial charge in [0.05, 0.1) is 11.2 Å². The number of anilines is 1. The van der Waals surface area contributed by atoms with Crippen LogP contribution in [0.1, 0.15) is 38.1 Å². The Bertz CT molecular complexity index is 472. The normalized spacial score (nSPS) is 11.3. The van der Waals surface area contributed by atoms with Crippen LogP contribution in [0.5, 0.6) is 0 Å². The number of likely N-dealkylation sites (N-methyl/N-ethyl adjacent to an activating group) is 1. The molecule has 0 unspecified atom stereocenters. The molecule has 0 aliphatic heterocycles. The lowest BCUT2D eigenvalue weighted by molar-refractivity contribution is 0.0315. The van der Waals surface area contributed by atoms with Gasteiger partial charge in [-0.1, -0.05) is 0 Å². The Kier molecular flexibility index (Phi) is 5.95. The molecule has 0 aliphatic carbocycles. The number of pyridine rings is 1. The Morgan fingerprint density at radius 2 is 2.15 bits per heavy atom. The molecule has 0 bridgehead atoms. The number of aliphatic hydroxyl groups is 1. The number of amides is 1. The Labute approximate surface area is 128 Å². The van der Waals surface area contributed by atoms with Gasteiger partial charge in [-0.2, -0.15) is 0 Å². The Morgan fingerprint density at radius 1 is 1.50 bits per heavy atom. The lowest BCUT2D eigenvalue weighted by Crippen LogP contribution is -2.42. The molecule has 2 N–H and O–H groups in total. The predicted octanol–water partition coefficient (Wildman–Crippen LogP) is 2.51. The molecule has 1 aromatic rings. The second-order valence-electron chi connectivity index (χ2n) is 5.21. The molecule has 1 rings (SSSR count). The topological polar surface area (TPSA) is 65.5 Å². The van der Waals surface area contributed by atoms with Crippen LogP contribution in [0.25, 0.3) is 0 Å². The van der Waals surface area contributed by atoms with Crippen molar-refractivity contribution in [1.29, 1.82) is 0 Å². The van der Waals surface area contributed by atoms with Crippen molar-refractivity contribution >= 4 is 27.7 Å². The monoisotopic (exact) mass is 343 g/mol. The minimum atomic E-state index is -0.927. The summed E-state index contributed by atoms with van der Waals surface area (Å²) in [6.07, 6.45) is 1.65. The van der Waals surface area contributed by atoms with Crippen molar-refractivity contribution in [2.75, 3.05) is 25.0 Å². The summed E-state index contributed by atoms with van der Waals surface area (Å²) in [5.41, 5.74) is -0.420. The van der Waals surface area contributed by atoms with E-state index in [4.69, 9.17) is 0 Å². The zero-order chi connectivity index (χ0) is 15.3. The van der Waals surface area contributed by atoms with Crippen molar-refractivity contribution in [2.45, 2.75) is 33.3 Å². The molecule has 0 radical (unpaired) electrons. The van der Waals surface area contributed by atoms with Crippen molar-refractivity contribution in [3.8, 4) is 0 Å². The molecule has 0 fully saturated rings. The number of nitrogens with one attached hydrogen (secondary N) is 1. The Hall–Kier alpha value is -1.14. The van der Waals surface area contributed by atoms with Gasteiger partial charge >= 0.3 is 0 Å². The van der Waals surface area contributed by atoms with Crippen LogP contribution in [0.15, 0.2) is 16.7 Å². The first kappa shape index (κ1) is 16.9. The van der Waals surface area contributed by atoms with Crippen LogP contribution in [0.4, 0.5) is 5.82 Å². The first-order valence-electron chi connectivity index (χ1n) is 6.69. The molecule has 1 amide bonds. The van der Waals surface area contributed by atoms with Crippen LogP contribution in [-0.4, -0.2) is 46.1 Å². The van der Waals surface area contributed by atoms with Crippen LogP contribution in [-0.2, 0) is 0 Å². The summed E-state index contributed by atoms with van der Waals surface area (Å²) < 4.78 is 0.752. The van der Waals surface area contributed by atoms with Crippen molar-refractivity contribution in [1.82, 2.24) is 9.88 Å². The molecule has 0 saturated carbocycles. The van der Waals surface area contributed by atoms with Crippen molar-refractivity contribution in [2.24, 2.45) is 0 Å². The smallest absolute Gasteiger partial charge is 0.257 e. The van der Waals surface area contributed by atoms with E-state index < -0.39 is 5.60 Å². The highest BCUT2D eigenvalue weighted by atomic mass is 79.9. The number of carbonyl (C=O) groups excluding carboxylic acids is 1. The highest BCUT2D eigenvalue weighted by molar-refractivity contribution is 9.10. The van der Waals surface area contributed by atoms with Crippen molar-refractivity contribution < 1.29 is 9.90 Å². The van der Waals surface area contributed by atoms with E-state index in [0.29, 0.717) is 24.5 Å². The first-order chi connectivity index (χ1) is 9.28. The van der Waals surface area contributed by atoms with Crippen LogP contribution in [0.3, 0.4) is 0 Å². The van der Waals surface area contributed by atoms with Gasteiger partial charge in [0.2, 0.25) is 0 Å². The molecule has 0 spiro atoms. The minimum absolute atomic E-state index is 0.139. The zero-order valence-corrected chi connectivity index (χ0v) is 14.0. The average molecular weight is 344 g/mol. The SMILES string of the molecule is CCNc1ncc(Br)cc1C(=O)N(CC)CC(C)(C)O. The van der Waals surface area contributed by atoms with Crippen LogP contribution in [0.2, 0.25) is 0 Å². The van der Waals surface area contributed by atoms with E-state index in [2.05, 4.69) is 26.2 Å². The van der Waals surface area contributed by atoms with E-state index in [1.54, 1.807) is 31.0 Å². The number of hydrogen-bond donors (Lipinski definition) is 2. The maximum absolute atomic E-state index is 12.6. The van der Waals surface area contributed by atoms with Crippen LogP contribution < -0.4 is 5.32 Å². The second kappa shape index (κ2) is 7.04. The Balaban J connectivity index is 3.08. The average Bonchev–Trinajstić information content (AvgIpc) is 2.36. The summed E-state index contributed by atoms with van der Waals surface area (Å²) in [4.78, 5) is 18.5. The van der Waals surface area contributed by atoms with E-state index >= 15 is 0 Å². The molecular formula is C14H22BrN3O2. The van der Waals surface area contributed by atoms with Gasteiger partial charge in [0, 0.05) is 30.3 Å². The zero-order valence-electron chi connectivity index (χ0n) is 12.4. The molecule has 0 aromatic carbocycles. The summed E-state index contributed by atoms with van der Waals surface area (Å²) in [6, 6.07) is 1.75.